The first-order valence-corrected chi connectivity index (χ1v) is 13.1. The summed E-state index contributed by atoms with van der Waals surface area (Å²) in [4.78, 5) is 2.54. The van der Waals surface area contributed by atoms with E-state index < -0.39 is 0 Å². The zero-order valence-corrected chi connectivity index (χ0v) is 20.7. The second kappa shape index (κ2) is 11.9. The molecule has 0 N–H and O–H groups in total. The molecule has 0 aliphatic rings. The van der Waals surface area contributed by atoms with Gasteiger partial charge in [0, 0.05) is 9.79 Å². The smallest absolute Gasteiger partial charge is 0.0122 e. The van der Waals surface area contributed by atoms with Crippen LogP contribution >= 0.6 is 11.8 Å². The fourth-order valence-electron chi connectivity index (χ4n) is 4.06. The Bertz CT molecular complexity index is 1010. The number of unbranched alkanes of at least 4 members (excludes halogenated alkanes) is 2. The molecule has 0 saturated carbocycles. The van der Waals surface area contributed by atoms with E-state index in [9.17, 15) is 0 Å². The van der Waals surface area contributed by atoms with Crippen LogP contribution in [0.25, 0.3) is 22.3 Å². The normalized spacial score (nSPS) is 11.0. The minimum absolute atomic E-state index is 1.18. The highest BCUT2D eigenvalue weighted by Crippen LogP contribution is 2.31. The minimum atomic E-state index is 1.18. The molecule has 1 heteroatoms. The first-order chi connectivity index (χ1) is 16.2. The second-order valence-electron chi connectivity index (χ2n) is 8.75. The monoisotopic (exact) mass is 450 g/mol. The van der Waals surface area contributed by atoms with Crippen LogP contribution < -0.4 is 0 Å². The fourth-order valence-corrected chi connectivity index (χ4v) is 4.87. The summed E-state index contributed by atoms with van der Waals surface area (Å²) in [6.45, 7) is 4.49. The molecule has 0 nitrogen and oxygen atoms in total. The van der Waals surface area contributed by atoms with Crippen LogP contribution in [0.1, 0.15) is 50.7 Å². The van der Waals surface area contributed by atoms with Crippen molar-refractivity contribution in [2.75, 3.05) is 0 Å². The maximum Gasteiger partial charge on any atom is 0.0122 e. The SMILES string of the molecule is CCCCc1ccc(-c2ccc(Sc3ccc(-c4ccc(CCCC)cc4)cc3)cc2)cc1. The quantitative estimate of drug-likeness (QED) is 0.232. The highest BCUT2D eigenvalue weighted by Gasteiger charge is 2.03. The van der Waals surface area contributed by atoms with Crippen LogP contribution in [0.15, 0.2) is 107 Å². The maximum atomic E-state index is 2.27. The van der Waals surface area contributed by atoms with Gasteiger partial charge in [-0.2, -0.15) is 0 Å². The van der Waals surface area contributed by atoms with E-state index in [2.05, 4.69) is 111 Å². The lowest BCUT2D eigenvalue weighted by Crippen LogP contribution is -1.85. The van der Waals surface area contributed by atoms with Crippen LogP contribution in [0.5, 0.6) is 0 Å². The Morgan fingerprint density at radius 1 is 0.424 bits per heavy atom. The van der Waals surface area contributed by atoms with Gasteiger partial charge in [0.05, 0.1) is 0 Å². The van der Waals surface area contributed by atoms with Crippen LogP contribution in [-0.2, 0) is 12.8 Å². The molecule has 0 atom stereocenters. The molecule has 0 fully saturated rings. The van der Waals surface area contributed by atoms with Crippen molar-refractivity contribution in [3.63, 3.8) is 0 Å². The Hall–Kier alpha value is -2.77. The summed E-state index contributed by atoms with van der Waals surface area (Å²) in [5.74, 6) is 0. The van der Waals surface area contributed by atoms with Crippen molar-refractivity contribution in [2.24, 2.45) is 0 Å². The van der Waals surface area contributed by atoms with E-state index in [-0.39, 0.29) is 0 Å². The summed E-state index contributed by atoms with van der Waals surface area (Å²) in [6, 6.07) is 36.0. The molecule has 33 heavy (non-hydrogen) atoms. The number of benzene rings is 4. The van der Waals surface area contributed by atoms with E-state index in [0.29, 0.717) is 0 Å². The number of hydrogen-bond donors (Lipinski definition) is 0. The zero-order valence-electron chi connectivity index (χ0n) is 19.9. The Kier molecular flexibility index (Phi) is 8.44. The third kappa shape index (κ3) is 6.62. The molecule has 0 bridgehead atoms. The molecule has 0 spiro atoms. The van der Waals surface area contributed by atoms with E-state index in [4.69, 9.17) is 0 Å². The van der Waals surface area contributed by atoms with Crippen molar-refractivity contribution in [1.82, 2.24) is 0 Å². The van der Waals surface area contributed by atoms with Crippen LogP contribution in [0.4, 0.5) is 0 Å². The molecule has 0 aliphatic heterocycles. The Morgan fingerprint density at radius 3 is 1.03 bits per heavy atom. The standard InChI is InChI=1S/C32H34S/c1-3-5-7-25-9-13-27(14-10-25)29-17-21-31(22-18-29)33-32-23-19-30(20-24-32)28-15-11-26(12-16-28)8-6-4-2/h9-24H,3-8H2,1-2H3. The van der Waals surface area contributed by atoms with Crippen molar-refractivity contribution in [3.8, 4) is 22.3 Å². The van der Waals surface area contributed by atoms with Gasteiger partial charge in [0.15, 0.2) is 0 Å². The lowest BCUT2D eigenvalue weighted by atomic mass is 10.0. The molecule has 4 aromatic rings. The van der Waals surface area contributed by atoms with Crippen LogP contribution in [0, 0.1) is 0 Å². The van der Waals surface area contributed by atoms with Crippen molar-refractivity contribution >= 4 is 11.8 Å². The number of aryl methyl sites for hydroxylation is 2. The molecule has 0 unspecified atom stereocenters. The first kappa shape index (κ1) is 23.4. The second-order valence-corrected chi connectivity index (χ2v) is 9.90. The fraction of sp³-hybridized carbons (Fsp3) is 0.250. The highest BCUT2D eigenvalue weighted by molar-refractivity contribution is 7.99. The van der Waals surface area contributed by atoms with Gasteiger partial charge >= 0.3 is 0 Å². The molecule has 0 aromatic heterocycles. The summed E-state index contributed by atoms with van der Waals surface area (Å²) in [7, 11) is 0. The molecule has 168 valence electrons. The summed E-state index contributed by atoms with van der Waals surface area (Å²) in [6.07, 6.45) is 7.37. The summed E-state index contributed by atoms with van der Waals surface area (Å²) < 4.78 is 0. The van der Waals surface area contributed by atoms with Crippen molar-refractivity contribution in [3.05, 3.63) is 108 Å². The number of hydrogen-bond acceptors (Lipinski definition) is 1. The van der Waals surface area contributed by atoms with Crippen LogP contribution in [-0.4, -0.2) is 0 Å². The summed E-state index contributed by atoms with van der Waals surface area (Å²) in [5, 5.41) is 0. The molecule has 4 aromatic carbocycles. The van der Waals surface area contributed by atoms with E-state index in [1.54, 1.807) is 0 Å². The van der Waals surface area contributed by atoms with Gasteiger partial charge in [-0.25, -0.2) is 0 Å². The molecular weight excluding hydrogens is 416 g/mol. The van der Waals surface area contributed by atoms with Gasteiger partial charge in [-0.15, -0.1) is 0 Å². The molecular formula is C32H34S. The lowest BCUT2D eigenvalue weighted by Gasteiger charge is -2.08. The molecule has 0 amide bonds. The third-order valence-corrected chi connectivity index (χ3v) is 7.17. The van der Waals surface area contributed by atoms with Crippen molar-refractivity contribution < 1.29 is 0 Å². The van der Waals surface area contributed by atoms with E-state index in [1.165, 1.54) is 81.7 Å². The van der Waals surface area contributed by atoms with Crippen LogP contribution in [0.2, 0.25) is 0 Å². The van der Waals surface area contributed by atoms with Gasteiger partial charge in [-0.05, 0) is 83.3 Å². The van der Waals surface area contributed by atoms with Gasteiger partial charge in [-0.1, -0.05) is 111 Å². The van der Waals surface area contributed by atoms with Gasteiger partial charge in [0.25, 0.3) is 0 Å². The van der Waals surface area contributed by atoms with Gasteiger partial charge in [0.1, 0.15) is 0 Å². The predicted octanol–water partition coefficient (Wildman–Crippen LogP) is 9.86. The molecule has 0 saturated heterocycles. The summed E-state index contributed by atoms with van der Waals surface area (Å²) >= 11 is 1.82. The predicted molar refractivity (Wildman–Crippen MR) is 145 cm³/mol. The minimum Gasteiger partial charge on any atom is -0.0901 e. The topological polar surface area (TPSA) is 0 Å². The Balaban J connectivity index is 1.37. The zero-order chi connectivity index (χ0) is 22.9. The van der Waals surface area contributed by atoms with Gasteiger partial charge < -0.3 is 0 Å². The van der Waals surface area contributed by atoms with Gasteiger partial charge in [-0.3, -0.25) is 0 Å². The molecule has 4 rings (SSSR count). The molecule has 0 radical (unpaired) electrons. The van der Waals surface area contributed by atoms with Crippen molar-refractivity contribution in [2.45, 2.75) is 62.2 Å². The van der Waals surface area contributed by atoms with E-state index in [0.717, 1.165) is 0 Å². The largest absolute Gasteiger partial charge is 0.0901 e. The third-order valence-electron chi connectivity index (χ3n) is 6.16. The lowest BCUT2D eigenvalue weighted by molar-refractivity contribution is 0.795. The molecule has 0 heterocycles. The van der Waals surface area contributed by atoms with Crippen molar-refractivity contribution in [1.29, 1.82) is 0 Å². The van der Waals surface area contributed by atoms with Gasteiger partial charge in [0.2, 0.25) is 0 Å². The molecule has 0 aliphatic carbocycles. The number of rotatable bonds is 10. The highest BCUT2D eigenvalue weighted by atomic mass is 32.2. The maximum absolute atomic E-state index is 2.27. The average molecular weight is 451 g/mol. The van der Waals surface area contributed by atoms with Crippen LogP contribution in [0.3, 0.4) is 0 Å². The Labute approximate surface area is 204 Å². The first-order valence-electron chi connectivity index (χ1n) is 12.3. The summed E-state index contributed by atoms with van der Waals surface area (Å²) in [5.41, 5.74) is 8.00. The van der Waals surface area contributed by atoms with E-state index >= 15 is 0 Å². The van der Waals surface area contributed by atoms with E-state index in [1.807, 2.05) is 11.8 Å². The average Bonchev–Trinajstić information content (AvgIpc) is 2.88. The Morgan fingerprint density at radius 2 is 0.727 bits per heavy atom.